The Morgan fingerprint density at radius 2 is 2.00 bits per heavy atom. The third-order valence-corrected chi connectivity index (χ3v) is 3.62. The van der Waals surface area contributed by atoms with E-state index in [0.29, 0.717) is 19.3 Å². The fraction of sp³-hybridized carbons (Fsp3) is 0.923. The molecular formula is C13H23F3N2O. The van der Waals surface area contributed by atoms with Crippen molar-refractivity contribution in [3.8, 4) is 0 Å². The maximum absolute atomic E-state index is 12.7. The molecule has 1 rings (SSSR count). The molecule has 0 heterocycles. The number of hydrogen-bond acceptors (Lipinski definition) is 2. The molecule has 1 fully saturated rings. The monoisotopic (exact) mass is 280 g/mol. The summed E-state index contributed by atoms with van der Waals surface area (Å²) in [6, 6.07) is -0.136. The van der Waals surface area contributed by atoms with E-state index in [2.05, 4.69) is 5.32 Å². The first-order valence-electron chi connectivity index (χ1n) is 6.82. The Hall–Kier alpha value is -0.780. The molecule has 19 heavy (non-hydrogen) atoms. The van der Waals surface area contributed by atoms with Crippen LogP contribution in [0.1, 0.15) is 46.0 Å². The molecule has 112 valence electrons. The molecule has 4 atom stereocenters. The molecule has 0 aromatic rings. The van der Waals surface area contributed by atoms with Crippen LogP contribution in [0.4, 0.5) is 13.2 Å². The Labute approximate surface area is 112 Å². The summed E-state index contributed by atoms with van der Waals surface area (Å²) in [5, 5.41) is 2.77. The minimum absolute atomic E-state index is 0.0374. The van der Waals surface area contributed by atoms with Crippen molar-refractivity contribution in [2.75, 3.05) is 0 Å². The van der Waals surface area contributed by atoms with Crippen LogP contribution < -0.4 is 11.1 Å². The normalized spacial score (nSPS) is 27.7. The Kier molecular flexibility index (Phi) is 5.64. The van der Waals surface area contributed by atoms with Crippen LogP contribution in [0.5, 0.6) is 0 Å². The molecular weight excluding hydrogens is 257 g/mol. The zero-order valence-corrected chi connectivity index (χ0v) is 11.5. The largest absolute Gasteiger partial charge is 0.391 e. The number of nitrogens with two attached hydrogens (primary N) is 1. The molecule has 1 aliphatic rings. The molecule has 3 N–H and O–H groups in total. The van der Waals surface area contributed by atoms with Crippen LogP contribution in [0.25, 0.3) is 0 Å². The van der Waals surface area contributed by atoms with Gasteiger partial charge in [-0.05, 0) is 39.5 Å². The van der Waals surface area contributed by atoms with E-state index in [4.69, 9.17) is 5.73 Å². The first kappa shape index (κ1) is 16.3. The van der Waals surface area contributed by atoms with Gasteiger partial charge in [-0.3, -0.25) is 4.79 Å². The molecule has 0 aromatic heterocycles. The van der Waals surface area contributed by atoms with E-state index in [1.54, 1.807) is 0 Å². The van der Waals surface area contributed by atoms with E-state index in [1.165, 1.54) is 0 Å². The van der Waals surface area contributed by atoms with Crippen molar-refractivity contribution in [2.24, 2.45) is 17.6 Å². The summed E-state index contributed by atoms with van der Waals surface area (Å²) in [5.74, 6) is -2.11. The average Bonchev–Trinajstić information content (AvgIpc) is 2.26. The Morgan fingerprint density at radius 1 is 1.37 bits per heavy atom. The number of nitrogens with one attached hydrogen (secondary N) is 1. The smallest absolute Gasteiger partial charge is 0.353 e. The summed E-state index contributed by atoms with van der Waals surface area (Å²) in [7, 11) is 0. The maximum atomic E-state index is 12.7. The number of hydrogen-bond donors (Lipinski definition) is 2. The Morgan fingerprint density at radius 3 is 2.53 bits per heavy atom. The molecule has 1 aliphatic carbocycles. The highest BCUT2D eigenvalue weighted by atomic mass is 19.4. The minimum atomic E-state index is -4.18. The molecule has 6 heteroatoms. The van der Waals surface area contributed by atoms with Crippen molar-refractivity contribution in [3.63, 3.8) is 0 Å². The van der Waals surface area contributed by atoms with Crippen LogP contribution in [0, 0.1) is 11.8 Å². The van der Waals surface area contributed by atoms with Gasteiger partial charge in [-0.1, -0.05) is 6.42 Å². The minimum Gasteiger partial charge on any atom is -0.353 e. The van der Waals surface area contributed by atoms with Gasteiger partial charge in [-0.2, -0.15) is 13.2 Å². The summed E-state index contributed by atoms with van der Waals surface area (Å²) >= 11 is 0. The number of alkyl halides is 3. The van der Waals surface area contributed by atoms with Crippen molar-refractivity contribution in [1.29, 1.82) is 0 Å². The zero-order chi connectivity index (χ0) is 14.6. The van der Waals surface area contributed by atoms with Gasteiger partial charge in [0.1, 0.15) is 0 Å². The van der Waals surface area contributed by atoms with Crippen LogP contribution in [-0.2, 0) is 4.79 Å². The second-order valence-electron chi connectivity index (χ2n) is 5.72. The molecule has 1 amide bonds. The van der Waals surface area contributed by atoms with Crippen molar-refractivity contribution in [1.82, 2.24) is 5.32 Å². The fourth-order valence-electron chi connectivity index (χ4n) is 2.70. The van der Waals surface area contributed by atoms with Crippen LogP contribution in [0.15, 0.2) is 0 Å². The van der Waals surface area contributed by atoms with E-state index < -0.39 is 18.0 Å². The highest BCUT2D eigenvalue weighted by molar-refractivity contribution is 5.79. The quantitative estimate of drug-likeness (QED) is 0.831. The van der Waals surface area contributed by atoms with Gasteiger partial charge < -0.3 is 11.1 Å². The zero-order valence-electron chi connectivity index (χ0n) is 11.5. The molecule has 4 unspecified atom stereocenters. The predicted octanol–water partition coefficient (Wildman–Crippen LogP) is 2.60. The Balaban J connectivity index is 2.48. The van der Waals surface area contributed by atoms with Crippen molar-refractivity contribution in [3.05, 3.63) is 0 Å². The van der Waals surface area contributed by atoms with Crippen molar-refractivity contribution < 1.29 is 18.0 Å². The lowest BCUT2D eigenvalue weighted by Crippen LogP contribution is -2.42. The van der Waals surface area contributed by atoms with Gasteiger partial charge in [-0.15, -0.1) is 0 Å². The van der Waals surface area contributed by atoms with Crippen LogP contribution in [0.2, 0.25) is 0 Å². The van der Waals surface area contributed by atoms with Crippen molar-refractivity contribution >= 4 is 5.91 Å². The summed E-state index contributed by atoms with van der Waals surface area (Å²) < 4.78 is 38.0. The van der Waals surface area contributed by atoms with Crippen LogP contribution >= 0.6 is 0 Å². The number of rotatable bonds is 4. The molecule has 3 nitrogen and oxygen atoms in total. The second-order valence-corrected chi connectivity index (χ2v) is 5.72. The van der Waals surface area contributed by atoms with Gasteiger partial charge in [0.25, 0.3) is 0 Å². The van der Waals surface area contributed by atoms with Gasteiger partial charge in [0.15, 0.2) is 0 Å². The Bertz CT molecular complexity index is 305. The number of amides is 1. The maximum Gasteiger partial charge on any atom is 0.391 e. The third kappa shape index (κ3) is 5.38. The molecule has 0 aliphatic heterocycles. The first-order valence-corrected chi connectivity index (χ1v) is 6.82. The van der Waals surface area contributed by atoms with E-state index in [0.717, 1.165) is 0 Å². The number of carbonyl (C=O) groups is 1. The summed E-state index contributed by atoms with van der Waals surface area (Å²) in [6.45, 7) is 3.66. The third-order valence-electron chi connectivity index (χ3n) is 3.62. The summed E-state index contributed by atoms with van der Waals surface area (Å²) in [4.78, 5) is 11.9. The van der Waals surface area contributed by atoms with Gasteiger partial charge in [-0.25, -0.2) is 0 Å². The van der Waals surface area contributed by atoms with Crippen LogP contribution in [0.3, 0.4) is 0 Å². The number of carbonyl (C=O) groups excluding carboxylic acids is 1. The van der Waals surface area contributed by atoms with Gasteiger partial charge in [0, 0.05) is 18.0 Å². The van der Waals surface area contributed by atoms with Gasteiger partial charge in [0.05, 0.1) is 5.92 Å². The lowest BCUT2D eigenvalue weighted by Gasteiger charge is -2.30. The number of halogens is 3. The first-order chi connectivity index (χ1) is 8.70. The summed E-state index contributed by atoms with van der Waals surface area (Å²) in [6.07, 6.45) is -2.49. The highest BCUT2D eigenvalue weighted by Gasteiger charge is 2.43. The second kappa shape index (κ2) is 6.59. The average molecular weight is 280 g/mol. The van der Waals surface area contributed by atoms with E-state index in [1.807, 2.05) is 13.8 Å². The molecule has 0 saturated heterocycles. The molecule has 0 radical (unpaired) electrons. The van der Waals surface area contributed by atoms with E-state index in [-0.39, 0.29) is 30.8 Å². The predicted molar refractivity (Wildman–Crippen MR) is 67.4 cm³/mol. The highest BCUT2D eigenvalue weighted by Crippen LogP contribution is 2.39. The lowest BCUT2D eigenvalue weighted by molar-refractivity contribution is -0.186. The molecule has 1 saturated carbocycles. The van der Waals surface area contributed by atoms with Crippen molar-refractivity contribution in [2.45, 2.75) is 64.2 Å². The topological polar surface area (TPSA) is 55.1 Å². The van der Waals surface area contributed by atoms with Crippen LogP contribution in [-0.4, -0.2) is 24.2 Å². The van der Waals surface area contributed by atoms with Gasteiger partial charge in [0.2, 0.25) is 5.91 Å². The SMILES string of the molecule is CC(N)CC(C)NC(=O)C1CCCC(C(F)(F)F)C1. The summed E-state index contributed by atoms with van der Waals surface area (Å²) in [5.41, 5.74) is 5.63. The van der Waals surface area contributed by atoms with Gasteiger partial charge >= 0.3 is 6.18 Å². The molecule has 0 aromatic carbocycles. The van der Waals surface area contributed by atoms with E-state index >= 15 is 0 Å². The lowest BCUT2D eigenvalue weighted by atomic mass is 9.80. The fourth-order valence-corrected chi connectivity index (χ4v) is 2.70. The molecule has 0 spiro atoms. The molecule has 0 bridgehead atoms. The van der Waals surface area contributed by atoms with E-state index in [9.17, 15) is 18.0 Å². The standard InChI is InChI=1S/C13H23F3N2O/c1-8(17)6-9(2)18-12(19)10-4-3-5-11(7-10)13(14,15)16/h8-11H,3-7,17H2,1-2H3,(H,18,19).